The number of carbonyl (C=O) groups is 2. The number of carboxylic acid groups (broad SMARTS) is 1. The maximum absolute atomic E-state index is 11.8. The number of hydrogen-bond acceptors (Lipinski definition) is 3. The van der Waals surface area contributed by atoms with Gasteiger partial charge in [-0.25, -0.2) is 0 Å². The highest BCUT2D eigenvalue weighted by Gasteiger charge is 2.03. The number of hydrogen-bond donors (Lipinski definition) is 2. The van der Waals surface area contributed by atoms with Crippen LogP contribution in [-0.4, -0.2) is 29.3 Å². The highest BCUT2D eigenvalue weighted by atomic mass is 32.2. The van der Waals surface area contributed by atoms with Crippen molar-refractivity contribution in [2.45, 2.75) is 37.0 Å². The van der Waals surface area contributed by atoms with E-state index in [-0.39, 0.29) is 12.3 Å². The second-order valence-electron chi connectivity index (χ2n) is 5.71. The molecule has 0 saturated heterocycles. The van der Waals surface area contributed by atoms with Crippen molar-refractivity contribution in [1.29, 1.82) is 0 Å². The summed E-state index contributed by atoms with van der Waals surface area (Å²) < 4.78 is 0. The van der Waals surface area contributed by atoms with E-state index in [2.05, 4.69) is 29.6 Å². The third kappa shape index (κ3) is 6.62. The highest BCUT2D eigenvalue weighted by Crippen LogP contribution is 2.23. The average molecular weight is 345 g/mol. The van der Waals surface area contributed by atoms with E-state index in [9.17, 15) is 9.59 Å². The molecule has 2 rings (SSSR count). The molecule has 5 heteroatoms. The van der Waals surface area contributed by atoms with E-state index in [0.29, 0.717) is 18.7 Å². The zero-order chi connectivity index (χ0) is 17.2. The van der Waals surface area contributed by atoms with Gasteiger partial charge in [0.1, 0.15) is 0 Å². The fourth-order valence-electron chi connectivity index (χ4n) is 2.44. The van der Waals surface area contributed by atoms with Gasteiger partial charge in [0.05, 0.1) is 5.75 Å². The number of aliphatic carboxylic acids is 1. The van der Waals surface area contributed by atoms with Crippen molar-refractivity contribution in [3.05, 3.63) is 42.5 Å². The third-order valence-electron chi connectivity index (χ3n) is 3.73. The van der Waals surface area contributed by atoms with E-state index >= 15 is 0 Å². The summed E-state index contributed by atoms with van der Waals surface area (Å²) in [5.74, 6) is -0.287. The average Bonchev–Trinajstić information content (AvgIpc) is 2.58. The summed E-state index contributed by atoms with van der Waals surface area (Å²) in [6.07, 6.45) is 3.68. The molecule has 4 nitrogen and oxygen atoms in total. The van der Waals surface area contributed by atoms with Crippen LogP contribution in [0.2, 0.25) is 0 Å². The van der Waals surface area contributed by atoms with Crippen molar-refractivity contribution < 1.29 is 14.7 Å². The van der Waals surface area contributed by atoms with Crippen LogP contribution in [-0.2, 0) is 9.59 Å². The predicted octanol–water partition coefficient (Wildman–Crippen LogP) is 4.08. The number of rotatable bonds is 10. The summed E-state index contributed by atoms with van der Waals surface area (Å²) >= 11 is 1.54. The third-order valence-corrected chi connectivity index (χ3v) is 4.72. The number of amides is 1. The van der Waals surface area contributed by atoms with Gasteiger partial charge in [0.2, 0.25) is 5.91 Å². The van der Waals surface area contributed by atoms with Crippen molar-refractivity contribution in [3.8, 4) is 0 Å². The molecule has 0 unspecified atom stereocenters. The number of fused-ring (bicyclic) bond motifs is 1. The highest BCUT2D eigenvalue weighted by molar-refractivity contribution is 8.00. The van der Waals surface area contributed by atoms with Gasteiger partial charge in [0.15, 0.2) is 0 Å². The summed E-state index contributed by atoms with van der Waals surface area (Å²) in [7, 11) is 0. The summed E-state index contributed by atoms with van der Waals surface area (Å²) in [5.41, 5.74) is 0. The smallest absolute Gasteiger partial charge is 0.303 e. The minimum Gasteiger partial charge on any atom is -0.481 e. The normalized spacial score (nSPS) is 10.7. The molecule has 0 radical (unpaired) electrons. The van der Waals surface area contributed by atoms with Crippen molar-refractivity contribution in [1.82, 2.24) is 5.32 Å². The molecular formula is C19H23NO3S. The molecule has 24 heavy (non-hydrogen) atoms. The van der Waals surface area contributed by atoms with E-state index in [0.717, 1.165) is 24.2 Å². The Morgan fingerprint density at radius 1 is 0.958 bits per heavy atom. The van der Waals surface area contributed by atoms with Gasteiger partial charge in [0, 0.05) is 17.9 Å². The Kier molecular flexibility index (Phi) is 7.62. The van der Waals surface area contributed by atoms with Crippen LogP contribution in [0.3, 0.4) is 0 Å². The number of nitrogens with one attached hydrogen (secondary N) is 1. The lowest BCUT2D eigenvalue weighted by molar-refractivity contribution is -0.137. The zero-order valence-corrected chi connectivity index (χ0v) is 14.5. The topological polar surface area (TPSA) is 66.4 Å². The van der Waals surface area contributed by atoms with Gasteiger partial charge in [0.25, 0.3) is 0 Å². The Labute approximate surface area is 146 Å². The molecular weight excluding hydrogens is 322 g/mol. The molecule has 0 spiro atoms. The first kappa shape index (κ1) is 18.3. The van der Waals surface area contributed by atoms with E-state index in [1.54, 1.807) is 11.8 Å². The van der Waals surface area contributed by atoms with Crippen LogP contribution in [0.4, 0.5) is 0 Å². The van der Waals surface area contributed by atoms with Crippen molar-refractivity contribution >= 4 is 34.4 Å². The fraction of sp³-hybridized carbons (Fsp3) is 0.368. The van der Waals surface area contributed by atoms with Gasteiger partial charge in [-0.15, -0.1) is 11.8 Å². The van der Waals surface area contributed by atoms with Crippen LogP contribution >= 0.6 is 11.8 Å². The summed E-state index contributed by atoms with van der Waals surface area (Å²) in [6.45, 7) is 0.657. The number of carboxylic acids is 1. The first-order valence-corrected chi connectivity index (χ1v) is 9.24. The molecule has 0 bridgehead atoms. The first-order chi connectivity index (χ1) is 11.6. The lowest BCUT2D eigenvalue weighted by atomic mass is 10.1. The van der Waals surface area contributed by atoms with Crippen molar-refractivity contribution in [3.63, 3.8) is 0 Å². The lowest BCUT2D eigenvalue weighted by Gasteiger charge is -2.06. The van der Waals surface area contributed by atoms with Crippen LogP contribution in [0, 0.1) is 0 Å². The monoisotopic (exact) mass is 345 g/mol. The molecule has 0 aliphatic carbocycles. The van der Waals surface area contributed by atoms with Crippen LogP contribution in [0.1, 0.15) is 32.1 Å². The van der Waals surface area contributed by atoms with E-state index in [1.807, 2.05) is 18.2 Å². The number of thioether (sulfide) groups is 1. The Bertz CT molecular complexity index is 687. The predicted molar refractivity (Wildman–Crippen MR) is 98.4 cm³/mol. The van der Waals surface area contributed by atoms with Gasteiger partial charge in [-0.3, -0.25) is 9.59 Å². The van der Waals surface area contributed by atoms with Crippen molar-refractivity contribution in [2.24, 2.45) is 0 Å². The minimum atomic E-state index is -0.742. The lowest BCUT2D eigenvalue weighted by Crippen LogP contribution is -2.26. The molecule has 0 aliphatic heterocycles. The molecule has 1 amide bonds. The summed E-state index contributed by atoms with van der Waals surface area (Å²) in [6, 6.07) is 14.4. The second-order valence-corrected chi connectivity index (χ2v) is 6.75. The summed E-state index contributed by atoms with van der Waals surface area (Å²) in [5, 5.41) is 13.8. The Morgan fingerprint density at radius 2 is 1.71 bits per heavy atom. The largest absolute Gasteiger partial charge is 0.481 e. The van der Waals surface area contributed by atoms with E-state index in [1.165, 1.54) is 10.8 Å². The van der Waals surface area contributed by atoms with Gasteiger partial charge in [-0.2, -0.15) is 0 Å². The SMILES string of the molecule is O=C(O)CCCCCCNC(=O)CSc1ccc2ccccc2c1. The molecule has 0 saturated carbocycles. The molecule has 0 atom stereocenters. The maximum Gasteiger partial charge on any atom is 0.303 e. The van der Waals surface area contributed by atoms with Gasteiger partial charge >= 0.3 is 5.97 Å². The van der Waals surface area contributed by atoms with Crippen LogP contribution in [0.25, 0.3) is 10.8 Å². The molecule has 128 valence electrons. The zero-order valence-electron chi connectivity index (χ0n) is 13.7. The molecule has 0 fully saturated rings. The second kappa shape index (κ2) is 9.98. The fourth-order valence-corrected chi connectivity index (χ4v) is 3.21. The standard InChI is InChI=1S/C19H23NO3S/c21-18(20-12-6-2-1-3-9-19(22)23)14-24-17-11-10-15-7-4-5-8-16(15)13-17/h4-5,7-8,10-11,13H,1-3,6,9,12,14H2,(H,20,21)(H,22,23). The Morgan fingerprint density at radius 3 is 2.50 bits per heavy atom. The van der Waals surface area contributed by atoms with Gasteiger partial charge in [-0.05, 0) is 35.7 Å². The summed E-state index contributed by atoms with van der Waals surface area (Å²) in [4.78, 5) is 23.3. The molecule has 2 N–H and O–H groups in total. The van der Waals surface area contributed by atoms with Gasteiger partial charge in [-0.1, -0.05) is 43.2 Å². The Hall–Kier alpha value is -2.01. The molecule has 0 aromatic heterocycles. The van der Waals surface area contributed by atoms with Crippen molar-refractivity contribution in [2.75, 3.05) is 12.3 Å². The molecule has 0 aliphatic rings. The van der Waals surface area contributed by atoms with Crippen LogP contribution in [0.15, 0.2) is 47.4 Å². The number of carbonyl (C=O) groups excluding carboxylic acids is 1. The minimum absolute atomic E-state index is 0.0405. The number of benzene rings is 2. The molecule has 2 aromatic rings. The van der Waals surface area contributed by atoms with E-state index in [4.69, 9.17) is 5.11 Å². The number of unbranched alkanes of at least 4 members (excludes halogenated alkanes) is 3. The maximum atomic E-state index is 11.8. The molecule has 2 aromatic carbocycles. The molecule has 0 heterocycles. The van der Waals surface area contributed by atoms with Gasteiger partial charge < -0.3 is 10.4 Å². The van der Waals surface area contributed by atoms with E-state index < -0.39 is 5.97 Å². The van der Waals surface area contributed by atoms with Crippen LogP contribution in [0.5, 0.6) is 0 Å². The first-order valence-electron chi connectivity index (χ1n) is 8.25. The quantitative estimate of drug-likeness (QED) is 0.503. The van der Waals surface area contributed by atoms with Crippen LogP contribution < -0.4 is 5.32 Å². The Balaban J connectivity index is 1.61.